The standard InChI is InChI=1S/C21H28N2O4/c1-2-3-12-23-19-8-4-17(5-9-19)21(24)27-16-14-25-13-15-26-20-10-6-18(22)7-11-20/h4-11,23H,2-3,12-16,22H2,1H3. The van der Waals surface area contributed by atoms with Crippen molar-refractivity contribution in [1.82, 2.24) is 0 Å². The van der Waals surface area contributed by atoms with Gasteiger partial charge in [-0.25, -0.2) is 4.79 Å². The van der Waals surface area contributed by atoms with Crippen molar-refractivity contribution in [2.24, 2.45) is 0 Å². The number of nitrogens with one attached hydrogen (secondary N) is 1. The molecule has 0 spiro atoms. The van der Waals surface area contributed by atoms with Gasteiger partial charge in [0.1, 0.15) is 19.0 Å². The molecule has 0 heterocycles. The van der Waals surface area contributed by atoms with E-state index in [2.05, 4.69) is 12.2 Å². The monoisotopic (exact) mass is 372 g/mol. The van der Waals surface area contributed by atoms with E-state index in [1.807, 2.05) is 24.3 Å². The number of nitrogens with two attached hydrogens (primary N) is 1. The Balaban J connectivity index is 1.55. The maximum absolute atomic E-state index is 12.0. The molecular weight excluding hydrogens is 344 g/mol. The average molecular weight is 372 g/mol. The van der Waals surface area contributed by atoms with E-state index in [0.717, 1.165) is 30.8 Å². The van der Waals surface area contributed by atoms with Crippen LogP contribution in [0, 0.1) is 0 Å². The maximum Gasteiger partial charge on any atom is 0.338 e. The molecule has 0 saturated heterocycles. The minimum absolute atomic E-state index is 0.206. The smallest absolute Gasteiger partial charge is 0.338 e. The van der Waals surface area contributed by atoms with Crippen LogP contribution in [-0.2, 0) is 9.47 Å². The fourth-order valence-corrected chi connectivity index (χ4v) is 2.29. The molecule has 2 aromatic rings. The van der Waals surface area contributed by atoms with Gasteiger partial charge in [-0.1, -0.05) is 13.3 Å². The van der Waals surface area contributed by atoms with Gasteiger partial charge in [-0.2, -0.15) is 0 Å². The third-order valence-electron chi connectivity index (χ3n) is 3.82. The van der Waals surface area contributed by atoms with Crippen molar-refractivity contribution >= 4 is 17.3 Å². The van der Waals surface area contributed by atoms with Crippen LogP contribution in [0.4, 0.5) is 11.4 Å². The molecule has 0 saturated carbocycles. The number of carbonyl (C=O) groups excluding carboxylic acids is 1. The Kier molecular flexibility index (Phi) is 9.00. The maximum atomic E-state index is 12.0. The summed E-state index contributed by atoms with van der Waals surface area (Å²) in [7, 11) is 0. The van der Waals surface area contributed by atoms with E-state index >= 15 is 0 Å². The van der Waals surface area contributed by atoms with Crippen molar-refractivity contribution in [3.63, 3.8) is 0 Å². The molecule has 0 aromatic heterocycles. The van der Waals surface area contributed by atoms with Crippen LogP contribution in [0.3, 0.4) is 0 Å². The van der Waals surface area contributed by atoms with Crippen molar-refractivity contribution in [3.05, 3.63) is 54.1 Å². The lowest BCUT2D eigenvalue weighted by molar-refractivity contribution is 0.0273. The minimum atomic E-state index is -0.350. The number of nitrogen functional groups attached to an aromatic ring is 1. The molecule has 2 rings (SSSR count). The fraction of sp³-hybridized carbons (Fsp3) is 0.381. The van der Waals surface area contributed by atoms with Gasteiger partial charge in [-0.3, -0.25) is 0 Å². The van der Waals surface area contributed by atoms with E-state index in [1.54, 1.807) is 24.3 Å². The molecule has 0 atom stereocenters. The van der Waals surface area contributed by atoms with Crippen LogP contribution in [0.5, 0.6) is 5.75 Å². The zero-order valence-corrected chi connectivity index (χ0v) is 15.8. The summed E-state index contributed by atoms with van der Waals surface area (Å²) in [5, 5.41) is 3.31. The quantitative estimate of drug-likeness (QED) is 0.336. The predicted molar refractivity (Wildman–Crippen MR) is 107 cm³/mol. The first kappa shape index (κ1) is 20.6. The second-order valence-corrected chi connectivity index (χ2v) is 6.02. The number of carbonyl (C=O) groups is 1. The Morgan fingerprint density at radius 2 is 1.67 bits per heavy atom. The summed E-state index contributed by atoms with van der Waals surface area (Å²) in [6, 6.07) is 14.5. The molecule has 2 aromatic carbocycles. The number of hydrogen-bond acceptors (Lipinski definition) is 6. The van der Waals surface area contributed by atoms with Gasteiger partial charge < -0.3 is 25.3 Å². The Hall–Kier alpha value is -2.73. The lowest BCUT2D eigenvalue weighted by Gasteiger charge is -2.09. The van der Waals surface area contributed by atoms with Gasteiger partial charge >= 0.3 is 5.97 Å². The zero-order chi connectivity index (χ0) is 19.3. The van der Waals surface area contributed by atoms with E-state index in [-0.39, 0.29) is 12.6 Å². The second-order valence-electron chi connectivity index (χ2n) is 6.02. The number of hydrogen-bond donors (Lipinski definition) is 2. The van der Waals surface area contributed by atoms with Gasteiger partial charge in [-0.05, 0) is 55.0 Å². The van der Waals surface area contributed by atoms with Crippen LogP contribution in [-0.4, -0.2) is 38.9 Å². The van der Waals surface area contributed by atoms with Crippen molar-refractivity contribution in [3.8, 4) is 5.75 Å². The van der Waals surface area contributed by atoms with Crippen LogP contribution in [0.25, 0.3) is 0 Å². The first-order chi connectivity index (χ1) is 13.2. The van der Waals surface area contributed by atoms with Gasteiger partial charge in [0, 0.05) is 17.9 Å². The Morgan fingerprint density at radius 3 is 2.37 bits per heavy atom. The highest BCUT2D eigenvalue weighted by Gasteiger charge is 2.06. The van der Waals surface area contributed by atoms with Crippen LogP contribution >= 0.6 is 0 Å². The molecule has 0 aliphatic rings. The van der Waals surface area contributed by atoms with Crippen LogP contribution in [0.15, 0.2) is 48.5 Å². The summed E-state index contributed by atoms with van der Waals surface area (Å²) < 4.78 is 16.1. The van der Waals surface area contributed by atoms with Gasteiger partial charge in [0.05, 0.1) is 18.8 Å². The molecule has 6 heteroatoms. The highest BCUT2D eigenvalue weighted by Crippen LogP contribution is 2.13. The van der Waals surface area contributed by atoms with Gasteiger partial charge in [0.15, 0.2) is 0 Å². The molecule has 0 aliphatic carbocycles. The van der Waals surface area contributed by atoms with Crippen LogP contribution in [0.1, 0.15) is 30.1 Å². The summed E-state index contributed by atoms with van der Waals surface area (Å²) in [5.41, 5.74) is 7.84. The van der Waals surface area contributed by atoms with Gasteiger partial charge in [0.25, 0.3) is 0 Å². The highest BCUT2D eigenvalue weighted by molar-refractivity contribution is 5.89. The molecule has 0 unspecified atom stereocenters. The average Bonchev–Trinajstić information content (AvgIpc) is 2.69. The van der Waals surface area contributed by atoms with Crippen molar-refractivity contribution < 1.29 is 19.0 Å². The van der Waals surface area contributed by atoms with Crippen molar-refractivity contribution in [2.45, 2.75) is 19.8 Å². The first-order valence-corrected chi connectivity index (χ1v) is 9.26. The van der Waals surface area contributed by atoms with Gasteiger partial charge in [-0.15, -0.1) is 0 Å². The van der Waals surface area contributed by atoms with Gasteiger partial charge in [0.2, 0.25) is 0 Å². The summed E-state index contributed by atoms with van der Waals surface area (Å²) in [4.78, 5) is 12.0. The highest BCUT2D eigenvalue weighted by atomic mass is 16.6. The topological polar surface area (TPSA) is 82.8 Å². The number of benzene rings is 2. The molecular formula is C21H28N2O4. The molecule has 0 radical (unpaired) electrons. The molecule has 3 N–H and O–H groups in total. The SMILES string of the molecule is CCCCNc1ccc(C(=O)OCCOCCOc2ccc(N)cc2)cc1. The molecule has 27 heavy (non-hydrogen) atoms. The summed E-state index contributed by atoms with van der Waals surface area (Å²) in [6.07, 6.45) is 2.27. The third-order valence-corrected chi connectivity index (χ3v) is 3.82. The number of rotatable bonds is 12. The Bertz CT molecular complexity index is 672. The summed E-state index contributed by atoms with van der Waals surface area (Å²) >= 11 is 0. The number of unbranched alkanes of at least 4 members (excludes halogenated alkanes) is 1. The lowest BCUT2D eigenvalue weighted by atomic mass is 10.2. The molecule has 6 nitrogen and oxygen atoms in total. The largest absolute Gasteiger partial charge is 0.491 e. The molecule has 0 amide bonds. The molecule has 146 valence electrons. The zero-order valence-electron chi connectivity index (χ0n) is 15.8. The fourth-order valence-electron chi connectivity index (χ4n) is 2.29. The van der Waals surface area contributed by atoms with E-state index in [9.17, 15) is 4.79 Å². The Morgan fingerprint density at radius 1 is 0.963 bits per heavy atom. The van der Waals surface area contributed by atoms with E-state index < -0.39 is 0 Å². The van der Waals surface area contributed by atoms with E-state index in [4.69, 9.17) is 19.9 Å². The summed E-state index contributed by atoms with van der Waals surface area (Å²) in [5.74, 6) is 0.392. The van der Waals surface area contributed by atoms with E-state index in [0.29, 0.717) is 31.1 Å². The van der Waals surface area contributed by atoms with Crippen molar-refractivity contribution in [1.29, 1.82) is 0 Å². The molecule has 0 bridgehead atoms. The lowest BCUT2D eigenvalue weighted by Crippen LogP contribution is -2.14. The van der Waals surface area contributed by atoms with Crippen molar-refractivity contribution in [2.75, 3.05) is 44.0 Å². The van der Waals surface area contributed by atoms with E-state index in [1.165, 1.54) is 0 Å². The summed E-state index contributed by atoms with van der Waals surface area (Å²) in [6.45, 7) is 4.45. The first-order valence-electron chi connectivity index (χ1n) is 9.26. The second kappa shape index (κ2) is 11.8. The number of esters is 1. The molecule has 0 fully saturated rings. The van der Waals surface area contributed by atoms with Crippen LogP contribution in [0.2, 0.25) is 0 Å². The Labute approximate surface area is 160 Å². The molecule has 0 aliphatic heterocycles. The predicted octanol–water partition coefficient (Wildman–Crippen LogP) is 3.73. The normalized spacial score (nSPS) is 10.4. The number of ether oxygens (including phenoxy) is 3. The number of anilines is 2. The van der Waals surface area contributed by atoms with Crippen LogP contribution < -0.4 is 15.8 Å². The minimum Gasteiger partial charge on any atom is -0.491 e. The third kappa shape index (κ3) is 8.00.